The van der Waals surface area contributed by atoms with E-state index in [1.54, 1.807) is 11.3 Å². The minimum Gasteiger partial charge on any atom is -0.444 e. The van der Waals surface area contributed by atoms with Crippen molar-refractivity contribution in [1.29, 1.82) is 0 Å². The molecule has 2 aromatic rings. The molecule has 1 heterocycles. The molecule has 0 saturated heterocycles. The van der Waals surface area contributed by atoms with Gasteiger partial charge in [0.1, 0.15) is 5.60 Å². The summed E-state index contributed by atoms with van der Waals surface area (Å²) in [5.41, 5.74) is 1.60. The van der Waals surface area contributed by atoms with Gasteiger partial charge in [-0.05, 0) is 55.8 Å². The summed E-state index contributed by atoms with van der Waals surface area (Å²) in [6.07, 6.45) is -0.399. The zero-order valence-corrected chi connectivity index (χ0v) is 16.4. The Morgan fingerprint density at radius 3 is 2.56 bits per heavy atom. The van der Waals surface area contributed by atoms with Gasteiger partial charge >= 0.3 is 6.09 Å². The zero-order chi connectivity index (χ0) is 18.4. The van der Waals surface area contributed by atoms with E-state index in [1.807, 2.05) is 32.9 Å². The number of carbonyl (C=O) groups excluding carboxylic acids is 1. The van der Waals surface area contributed by atoms with Gasteiger partial charge in [-0.2, -0.15) is 0 Å². The van der Waals surface area contributed by atoms with E-state index in [0.717, 1.165) is 11.3 Å². The van der Waals surface area contributed by atoms with Crippen molar-refractivity contribution < 1.29 is 9.53 Å². The predicted octanol–water partition coefficient (Wildman–Crippen LogP) is 5.58. The smallest absolute Gasteiger partial charge is 0.407 e. The first kappa shape index (κ1) is 19.3. The van der Waals surface area contributed by atoms with Gasteiger partial charge in [-0.3, -0.25) is 0 Å². The predicted molar refractivity (Wildman–Crippen MR) is 105 cm³/mol. The summed E-state index contributed by atoms with van der Waals surface area (Å²) >= 11 is 1.77. The maximum Gasteiger partial charge on any atom is 0.407 e. The Balaban J connectivity index is 1.99. The quantitative estimate of drug-likeness (QED) is 0.707. The molecule has 2 rings (SSSR count). The van der Waals surface area contributed by atoms with Crippen LogP contribution in [0.4, 0.5) is 10.5 Å². The second kappa shape index (κ2) is 8.39. The normalized spacial score (nSPS) is 12.7. The van der Waals surface area contributed by atoms with E-state index in [2.05, 4.69) is 54.1 Å². The third-order valence-electron chi connectivity index (χ3n) is 3.60. The minimum atomic E-state index is -0.487. The Hall–Kier alpha value is -2.01. The number of ether oxygens (including phenoxy) is 1. The molecular weight excluding hydrogens is 332 g/mol. The highest BCUT2D eigenvalue weighted by Crippen LogP contribution is 2.29. The van der Waals surface area contributed by atoms with Crippen LogP contribution < -0.4 is 10.6 Å². The summed E-state index contributed by atoms with van der Waals surface area (Å²) < 4.78 is 5.27. The lowest BCUT2D eigenvalue weighted by atomic mass is 10.0. The monoisotopic (exact) mass is 360 g/mol. The Morgan fingerprint density at radius 2 is 1.96 bits per heavy atom. The number of rotatable bonds is 6. The summed E-state index contributed by atoms with van der Waals surface area (Å²) in [6, 6.07) is 12.6. The summed E-state index contributed by atoms with van der Waals surface area (Å²) in [6.45, 7) is 10.4. The summed E-state index contributed by atoms with van der Waals surface area (Å²) in [4.78, 5) is 13.1. The molecule has 0 fully saturated rings. The van der Waals surface area contributed by atoms with Crippen LogP contribution in [0.2, 0.25) is 0 Å². The van der Waals surface area contributed by atoms with Crippen LogP contribution in [-0.4, -0.2) is 11.7 Å². The standard InChI is InChI=1S/C20H28N2O2S/c1-14(2)18(17-10-7-11-25-17)22-16-9-6-8-15(12-16)13-21-19(23)24-20(3,4)5/h6-12,14,18,22H,13H2,1-5H3,(H,21,23). The second-order valence-electron chi connectivity index (χ2n) is 7.44. The zero-order valence-electron chi connectivity index (χ0n) is 15.6. The highest BCUT2D eigenvalue weighted by atomic mass is 32.1. The number of hydrogen-bond acceptors (Lipinski definition) is 4. The molecule has 1 aromatic heterocycles. The lowest BCUT2D eigenvalue weighted by Crippen LogP contribution is -2.32. The maximum absolute atomic E-state index is 11.8. The average molecular weight is 361 g/mol. The molecule has 5 heteroatoms. The Morgan fingerprint density at radius 1 is 1.20 bits per heavy atom. The average Bonchev–Trinajstić information content (AvgIpc) is 3.03. The van der Waals surface area contributed by atoms with E-state index in [-0.39, 0.29) is 6.04 Å². The maximum atomic E-state index is 11.8. The van der Waals surface area contributed by atoms with Crippen LogP contribution in [0.1, 0.15) is 51.1 Å². The lowest BCUT2D eigenvalue weighted by molar-refractivity contribution is 0.0523. The second-order valence-corrected chi connectivity index (χ2v) is 8.42. The highest BCUT2D eigenvalue weighted by Gasteiger charge is 2.17. The number of carbonyl (C=O) groups is 1. The molecule has 1 aromatic carbocycles. The number of nitrogens with one attached hydrogen (secondary N) is 2. The van der Waals surface area contributed by atoms with Crippen LogP contribution in [0, 0.1) is 5.92 Å². The van der Waals surface area contributed by atoms with Crippen LogP contribution >= 0.6 is 11.3 Å². The Bertz CT molecular complexity index is 675. The van der Waals surface area contributed by atoms with Crippen molar-refractivity contribution in [1.82, 2.24) is 5.32 Å². The van der Waals surface area contributed by atoms with E-state index in [0.29, 0.717) is 12.5 Å². The van der Waals surface area contributed by atoms with Crippen molar-refractivity contribution >= 4 is 23.1 Å². The fourth-order valence-corrected chi connectivity index (χ4v) is 3.42. The largest absolute Gasteiger partial charge is 0.444 e. The molecule has 1 unspecified atom stereocenters. The van der Waals surface area contributed by atoms with Crippen molar-refractivity contribution in [3.05, 3.63) is 52.2 Å². The number of alkyl carbamates (subject to hydrolysis) is 1. The van der Waals surface area contributed by atoms with Crippen molar-refractivity contribution in [3.8, 4) is 0 Å². The SMILES string of the molecule is CC(C)C(Nc1cccc(CNC(=O)OC(C)(C)C)c1)c1cccs1. The Labute approximate surface area is 154 Å². The molecule has 2 N–H and O–H groups in total. The molecule has 0 aliphatic carbocycles. The molecule has 0 radical (unpaired) electrons. The van der Waals surface area contributed by atoms with Gasteiger partial charge in [0.2, 0.25) is 0 Å². The number of thiophene rings is 1. The third-order valence-corrected chi connectivity index (χ3v) is 4.56. The van der Waals surface area contributed by atoms with Crippen LogP contribution in [0.25, 0.3) is 0 Å². The van der Waals surface area contributed by atoms with Gasteiger partial charge in [-0.1, -0.05) is 32.0 Å². The first-order chi connectivity index (χ1) is 11.7. The molecule has 136 valence electrons. The molecular formula is C20H28N2O2S. The number of benzene rings is 1. The van der Waals surface area contributed by atoms with Gasteiger partial charge in [-0.25, -0.2) is 4.79 Å². The van der Waals surface area contributed by atoms with E-state index >= 15 is 0 Å². The molecule has 0 aliphatic heterocycles. The highest BCUT2D eigenvalue weighted by molar-refractivity contribution is 7.10. The van der Waals surface area contributed by atoms with Gasteiger partial charge in [0.15, 0.2) is 0 Å². The Kier molecular flexibility index (Phi) is 6.48. The molecule has 0 bridgehead atoms. The van der Waals surface area contributed by atoms with Crippen LogP contribution in [0.5, 0.6) is 0 Å². The van der Waals surface area contributed by atoms with Gasteiger partial charge < -0.3 is 15.4 Å². The molecule has 0 aliphatic rings. The molecule has 25 heavy (non-hydrogen) atoms. The minimum absolute atomic E-state index is 0.272. The molecule has 0 saturated carbocycles. The lowest BCUT2D eigenvalue weighted by Gasteiger charge is -2.23. The van der Waals surface area contributed by atoms with E-state index in [1.165, 1.54) is 4.88 Å². The molecule has 0 spiro atoms. The third kappa shape index (κ3) is 6.42. The summed E-state index contributed by atoms with van der Waals surface area (Å²) in [5, 5.41) is 8.52. The van der Waals surface area contributed by atoms with E-state index in [9.17, 15) is 4.79 Å². The summed E-state index contributed by atoms with van der Waals surface area (Å²) in [7, 11) is 0. The van der Waals surface area contributed by atoms with Gasteiger partial charge in [0.05, 0.1) is 6.04 Å². The van der Waals surface area contributed by atoms with Crippen LogP contribution in [0.15, 0.2) is 41.8 Å². The van der Waals surface area contributed by atoms with Crippen molar-refractivity contribution in [2.45, 2.75) is 52.8 Å². The van der Waals surface area contributed by atoms with E-state index < -0.39 is 11.7 Å². The fourth-order valence-electron chi connectivity index (χ4n) is 2.47. The first-order valence-electron chi connectivity index (χ1n) is 8.60. The van der Waals surface area contributed by atoms with Crippen LogP contribution in [-0.2, 0) is 11.3 Å². The topological polar surface area (TPSA) is 50.4 Å². The van der Waals surface area contributed by atoms with Crippen molar-refractivity contribution in [3.63, 3.8) is 0 Å². The van der Waals surface area contributed by atoms with E-state index in [4.69, 9.17) is 4.74 Å². The molecule has 1 atom stereocenters. The van der Waals surface area contributed by atoms with Crippen molar-refractivity contribution in [2.75, 3.05) is 5.32 Å². The first-order valence-corrected chi connectivity index (χ1v) is 9.48. The van der Waals surface area contributed by atoms with Crippen LogP contribution in [0.3, 0.4) is 0 Å². The summed E-state index contributed by atoms with van der Waals surface area (Å²) in [5.74, 6) is 0.474. The number of anilines is 1. The van der Waals surface area contributed by atoms with Gasteiger partial charge in [0, 0.05) is 17.1 Å². The fraction of sp³-hybridized carbons (Fsp3) is 0.450. The van der Waals surface area contributed by atoms with Gasteiger partial charge in [0.25, 0.3) is 0 Å². The number of hydrogen-bond donors (Lipinski definition) is 2. The molecule has 1 amide bonds. The van der Waals surface area contributed by atoms with Gasteiger partial charge in [-0.15, -0.1) is 11.3 Å². The number of amides is 1. The molecule has 4 nitrogen and oxygen atoms in total. The van der Waals surface area contributed by atoms with Crippen molar-refractivity contribution in [2.24, 2.45) is 5.92 Å².